The van der Waals surface area contributed by atoms with Gasteiger partial charge >= 0.3 is 11.9 Å². The van der Waals surface area contributed by atoms with Crippen molar-refractivity contribution in [2.24, 2.45) is 0 Å². The molecule has 0 aliphatic heterocycles. The van der Waals surface area contributed by atoms with Gasteiger partial charge < -0.3 is 9.47 Å². The number of benzene rings is 3. The summed E-state index contributed by atoms with van der Waals surface area (Å²) in [5, 5.41) is 0. The van der Waals surface area contributed by atoms with Crippen molar-refractivity contribution in [3.05, 3.63) is 95.6 Å². The number of ether oxygens (including phenoxy) is 2. The predicted molar refractivity (Wildman–Crippen MR) is 108 cm³/mol. The summed E-state index contributed by atoms with van der Waals surface area (Å²) in [4.78, 5) is 37.2. The first-order valence-electron chi connectivity index (χ1n) is 9.30. The molecule has 0 amide bonds. The number of Topliss-reactive ketones (excluding diaryl/α,β-unsaturated/α-hetero) is 1. The van der Waals surface area contributed by atoms with Gasteiger partial charge in [0.15, 0.2) is 5.78 Å². The number of esters is 2. The minimum absolute atomic E-state index is 0.136. The van der Waals surface area contributed by atoms with E-state index in [1.807, 2.05) is 6.92 Å². The zero-order chi connectivity index (χ0) is 20.6. The molecule has 0 aliphatic rings. The smallest absolute Gasteiger partial charge is 0.343 e. The van der Waals surface area contributed by atoms with Crippen LogP contribution >= 0.6 is 0 Å². The maximum absolute atomic E-state index is 12.6. The Hall–Kier alpha value is -3.73. The Morgan fingerprint density at radius 3 is 1.83 bits per heavy atom. The molecule has 0 aliphatic carbocycles. The molecule has 0 unspecified atom stereocenters. The zero-order valence-corrected chi connectivity index (χ0v) is 16.0. The fourth-order valence-corrected chi connectivity index (χ4v) is 2.71. The first kappa shape index (κ1) is 20.0. The molecular formula is C24H20O5. The molecule has 0 atom stereocenters. The Morgan fingerprint density at radius 2 is 1.28 bits per heavy atom. The van der Waals surface area contributed by atoms with Crippen LogP contribution in [0.5, 0.6) is 11.5 Å². The van der Waals surface area contributed by atoms with E-state index in [1.165, 1.54) is 18.2 Å². The van der Waals surface area contributed by atoms with Crippen LogP contribution in [-0.2, 0) is 0 Å². The van der Waals surface area contributed by atoms with Crippen molar-refractivity contribution in [1.82, 2.24) is 0 Å². The fraction of sp³-hybridized carbons (Fsp3) is 0.125. The SMILES string of the molecule is CCCC(=O)c1cc(OC(=O)c2ccccc2)ccc1OC(=O)c1ccccc1. The van der Waals surface area contributed by atoms with Crippen molar-refractivity contribution in [2.75, 3.05) is 0 Å². The van der Waals surface area contributed by atoms with Crippen LogP contribution in [-0.4, -0.2) is 17.7 Å². The third kappa shape index (κ3) is 5.17. The highest BCUT2D eigenvalue weighted by molar-refractivity contribution is 6.01. The van der Waals surface area contributed by atoms with Gasteiger partial charge in [0.05, 0.1) is 16.7 Å². The second-order valence-corrected chi connectivity index (χ2v) is 6.34. The zero-order valence-electron chi connectivity index (χ0n) is 16.0. The largest absolute Gasteiger partial charge is 0.423 e. The van der Waals surface area contributed by atoms with Gasteiger partial charge in [-0.2, -0.15) is 0 Å². The van der Waals surface area contributed by atoms with Gasteiger partial charge in [0.2, 0.25) is 0 Å². The van der Waals surface area contributed by atoms with E-state index in [0.29, 0.717) is 17.5 Å². The van der Waals surface area contributed by atoms with Gasteiger partial charge in [-0.15, -0.1) is 0 Å². The van der Waals surface area contributed by atoms with E-state index in [1.54, 1.807) is 60.7 Å². The van der Waals surface area contributed by atoms with Crippen LogP contribution < -0.4 is 9.47 Å². The third-order valence-electron chi connectivity index (χ3n) is 4.16. The molecule has 0 fully saturated rings. The maximum Gasteiger partial charge on any atom is 0.343 e. The van der Waals surface area contributed by atoms with Crippen LogP contribution in [0.2, 0.25) is 0 Å². The number of hydrogen-bond acceptors (Lipinski definition) is 5. The van der Waals surface area contributed by atoms with Gasteiger partial charge in [-0.25, -0.2) is 9.59 Å². The van der Waals surface area contributed by atoms with Crippen LogP contribution in [0.4, 0.5) is 0 Å². The molecule has 5 heteroatoms. The molecule has 0 bridgehead atoms. The van der Waals surface area contributed by atoms with Crippen molar-refractivity contribution in [1.29, 1.82) is 0 Å². The van der Waals surface area contributed by atoms with E-state index in [-0.39, 0.29) is 29.3 Å². The molecule has 29 heavy (non-hydrogen) atoms. The Morgan fingerprint density at radius 1 is 0.724 bits per heavy atom. The van der Waals surface area contributed by atoms with Gasteiger partial charge in [-0.05, 0) is 48.9 Å². The second kappa shape index (κ2) is 9.46. The summed E-state index contributed by atoms with van der Waals surface area (Å²) in [6, 6.07) is 21.5. The van der Waals surface area contributed by atoms with E-state index in [9.17, 15) is 14.4 Å². The maximum atomic E-state index is 12.6. The molecule has 3 aromatic rings. The Labute approximate surface area is 168 Å². The van der Waals surface area contributed by atoms with Crippen LogP contribution in [0, 0.1) is 0 Å². The minimum Gasteiger partial charge on any atom is -0.423 e. The molecule has 0 saturated heterocycles. The third-order valence-corrected chi connectivity index (χ3v) is 4.16. The number of hydrogen-bond donors (Lipinski definition) is 0. The number of carbonyl (C=O) groups excluding carboxylic acids is 3. The Kier molecular flexibility index (Phi) is 6.53. The molecule has 0 aromatic heterocycles. The van der Waals surface area contributed by atoms with Crippen molar-refractivity contribution in [3.8, 4) is 11.5 Å². The Bertz CT molecular complexity index is 1010. The average Bonchev–Trinajstić information content (AvgIpc) is 2.76. The average molecular weight is 388 g/mol. The van der Waals surface area contributed by atoms with Crippen LogP contribution in [0.1, 0.15) is 50.8 Å². The molecule has 3 aromatic carbocycles. The molecule has 0 heterocycles. The number of rotatable bonds is 7. The summed E-state index contributed by atoms with van der Waals surface area (Å²) in [5.41, 5.74) is 0.976. The topological polar surface area (TPSA) is 69.7 Å². The monoisotopic (exact) mass is 388 g/mol. The van der Waals surface area contributed by atoms with Gasteiger partial charge in [-0.1, -0.05) is 43.3 Å². The highest BCUT2D eigenvalue weighted by Gasteiger charge is 2.18. The van der Waals surface area contributed by atoms with Gasteiger partial charge in [0.25, 0.3) is 0 Å². The van der Waals surface area contributed by atoms with E-state index in [2.05, 4.69) is 0 Å². The minimum atomic E-state index is -0.565. The standard InChI is InChI=1S/C24H20O5/c1-2-9-21(25)20-16-19(28-23(26)17-10-5-3-6-11-17)14-15-22(20)29-24(27)18-12-7-4-8-13-18/h3-8,10-16H,2,9H2,1H3. The molecule has 0 radical (unpaired) electrons. The highest BCUT2D eigenvalue weighted by Crippen LogP contribution is 2.27. The lowest BCUT2D eigenvalue weighted by atomic mass is 10.1. The highest BCUT2D eigenvalue weighted by atomic mass is 16.5. The van der Waals surface area contributed by atoms with Crippen molar-refractivity contribution < 1.29 is 23.9 Å². The summed E-state index contributed by atoms with van der Waals surface area (Å²) in [7, 11) is 0. The lowest BCUT2D eigenvalue weighted by molar-refractivity contribution is 0.0716. The summed E-state index contributed by atoms with van der Waals surface area (Å²) < 4.78 is 10.8. The summed E-state index contributed by atoms with van der Waals surface area (Å²) in [5.74, 6) is -0.950. The van der Waals surface area contributed by atoms with Crippen LogP contribution in [0.3, 0.4) is 0 Å². The van der Waals surface area contributed by atoms with Crippen molar-refractivity contribution >= 4 is 17.7 Å². The first-order chi connectivity index (χ1) is 14.1. The lowest BCUT2D eigenvalue weighted by Gasteiger charge is -2.12. The Balaban J connectivity index is 1.86. The fourth-order valence-electron chi connectivity index (χ4n) is 2.71. The van der Waals surface area contributed by atoms with Crippen molar-refractivity contribution in [3.63, 3.8) is 0 Å². The molecule has 0 saturated carbocycles. The molecular weight excluding hydrogens is 368 g/mol. The van der Waals surface area contributed by atoms with E-state index in [4.69, 9.17) is 9.47 Å². The molecule has 3 rings (SSSR count). The van der Waals surface area contributed by atoms with Gasteiger partial charge in [0.1, 0.15) is 11.5 Å². The van der Waals surface area contributed by atoms with Crippen molar-refractivity contribution in [2.45, 2.75) is 19.8 Å². The normalized spacial score (nSPS) is 10.2. The molecule has 0 spiro atoms. The lowest BCUT2D eigenvalue weighted by Crippen LogP contribution is -2.13. The second-order valence-electron chi connectivity index (χ2n) is 6.34. The van der Waals surface area contributed by atoms with Gasteiger partial charge in [-0.3, -0.25) is 4.79 Å². The summed E-state index contributed by atoms with van der Waals surface area (Å²) in [6.45, 7) is 1.88. The van der Waals surface area contributed by atoms with Gasteiger partial charge in [0, 0.05) is 6.42 Å². The molecule has 0 N–H and O–H groups in total. The van der Waals surface area contributed by atoms with E-state index < -0.39 is 11.9 Å². The molecule has 146 valence electrons. The predicted octanol–water partition coefficient (Wildman–Crippen LogP) is 5.11. The first-order valence-corrected chi connectivity index (χ1v) is 9.30. The van der Waals surface area contributed by atoms with E-state index >= 15 is 0 Å². The molecule has 5 nitrogen and oxygen atoms in total. The van der Waals surface area contributed by atoms with E-state index in [0.717, 1.165) is 0 Å². The summed E-state index contributed by atoms with van der Waals surface area (Å²) >= 11 is 0. The summed E-state index contributed by atoms with van der Waals surface area (Å²) in [6.07, 6.45) is 0.922. The quantitative estimate of drug-likeness (QED) is 0.320. The van der Waals surface area contributed by atoms with Crippen LogP contribution in [0.25, 0.3) is 0 Å². The number of carbonyl (C=O) groups is 3. The van der Waals surface area contributed by atoms with Crippen LogP contribution in [0.15, 0.2) is 78.9 Å². The number of ketones is 1.